The molecule has 0 spiro atoms. The maximum absolute atomic E-state index is 12.1. The van der Waals surface area contributed by atoms with Gasteiger partial charge in [-0.05, 0) is 19.1 Å². The van der Waals surface area contributed by atoms with Crippen LogP contribution in [0.25, 0.3) is 11.1 Å². The van der Waals surface area contributed by atoms with Gasteiger partial charge in [0, 0.05) is 23.9 Å². The number of methoxy groups -OCH3 is 1. The van der Waals surface area contributed by atoms with Crippen LogP contribution in [0.1, 0.15) is 12.5 Å². The summed E-state index contributed by atoms with van der Waals surface area (Å²) >= 11 is 0. The van der Waals surface area contributed by atoms with Gasteiger partial charge in [-0.25, -0.2) is 0 Å². The fourth-order valence-electron chi connectivity index (χ4n) is 2.02. The quantitative estimate of drug-likeness (QED) is 0.845. The average Bonchev–Trinajstić information content (AvgIpc) is 2.46. The Morgan fingerprint density at radius 1 is 1.26 bits per heavy atom. The Labute approximate surface area is 111 Å². The molecule has 4 heteroatoms. The fraction of sp³-hybridized carbons (Fsp3) is 0.200. The van der Waals surface area contributed by atoms with Crippen molar-refractivity contribution in [1.29, 1.82) is 5.26 Å². The van der Waals surface area contributed by atoms with Crippen molar-refractivity contribution in [1.82, 2.24) is 4.57 Å². The molecule has 19 heavy (non-hydrogen) atoms. The van der Waals surface area contributed by atoms with Gasteiger partial charge in [0.2, 0.25) is 0 Å². The Morgan fingerprint density at radius 2 is 2.00 bits per heavy atom. The molecular weight excluding hydrogens is 240 g/mol. The van der Waals surface area contributed by atoms with E-state index in [-0.39, 0.29) is 11.1 Å². The number of benzene rings is 1. The highest BCUT2D eigenvalue weighted by Gasteiger charge is 2.13. The number of rotatable bonds is 3. The first-order valence-corrected chi connectivity index (χ1v) is 5.99. The molecule has 0 saturated heterocycles. The summed E-state index contributed by atoms with van der Waals surface area (Å²) in [4.78, 5) is 12.1. The molecule has 0 aliphatic rings. The number of hydrogen-bond donors (Lipinski definition) is 0. The number of aryl methyl sites for hydroxylation is 1. The molecule has 0 radical (unpaired) electrons. The summed E-state index contributed by atoms with van der Waals surface area (Å²) in [5.74, 6) is 0.646. The molecule has 0 N–H and O–H groups in total. The van der Waals surface area contributed by atoms with Crippen molar-refractivity contribution in [2.45, 2.75) is 13.5 Å². The number of aromatic nitrogens is 1. The van der Waals surface area contributed by atoms with Crippen molar-refractivity contribution < 1.29 is 4.74 Å². The summed E-state index contributed by atoms with van der Waals surface area (Å²) < 4.78 is 6.79. The standard InChI is InChI=1S/C15H14N2O2/c1-3-17-9-8-11(13(10-16)15(17)18)12-6-4-5-7-14(12)19-2/h4-9H,3H2,1-2H3. The van der Waals surface area contributed by atoms with Gasteiger partial charge in [0.05, 0.1) is 7.11 Å². The van der Waals surface area contributed by atoms with Crippen molar-refractivity contribution in [3.8, 4) is 22.9 Å². The maximum Gasteiger partial charge on any atom is 0.269 e. The third-order valence-electron chi connectivity index (χ3n) is 3.01. The molecule has 2 aromatic rings. The van der Waals surface area contributed by atoms with Gasteiger partial charge < -0.3 is 9.30 Å². The minimum absolute atomic E-state index is 0.147. The fourth-order valence-corrected chi connectivity index (χ4v) is 2.02. The predicted octanol–water partition coefficient (Wildman–Crippen LogP) is 2.42. The lowest BCUT2D eigenvalue weighted by Crippen LogP contribution is -2.21. The lowest BCUT2D eigenvalue weighted by molar-refractivity contribution is 0.416. The van der Waals surface area contributed by atoms with Gasteiger partial charge >= 0.3 is 0 Å². The Hall–Kier alpha value is -2.54. The van der Waals surface area contributed by atoms with Crippen LogP contribution in [-0.2, 0) is 6.54 Å². The zero-order chi connectivity index (χ0) is 13.8. The van der Waals surface area contributed by atoms with Crippen LogP contribution in [0.15, 0.2) is 41.3 Å². The van der Waals surface area contributed by atoms with Crippen LogP contribution in [-0.4, -0.2) is 11.7 Å². The highest BCUT2D eigenvalue weighted by atomic mass is 16.5. The van der Waals surface area contributed by atoms with E-state index < -0.39 is 0 Å². The van der Waals surface area contributed by atoms with Crippen LogP contribution in [0.4, 0.5) is 0 Å². The summed E-state index contributed by atoms with van der Waals surface area (Å²) in [6.45, 7) is 2.41. The topological polar surface area (TPSA) is 55.0 Å². The van der Waals surface area contributed by atoms with E-state index in [1.54, 1.807) is 19.4 Å². The van der Waals surface area contributed by atoms with Gasteiger partial charge in [0.25, 0.3) is 5.56 Å². The van der Waals surface area contributed by atoms with Crippen molar-refractivity contribution >= 4 is 0 Å². The van der Waals surface area contributed by atoms with Crippen LogP contribution in [0.3, 0.4) is 0 Å². The van der Waals surface area contributed by atoms with Gasteiger partial charge in [-0.1, -0.05) is 18.2 Å². The molecule has 1 aromatic carbocycles. The maximum atomic E-state index is 12.1. The first kappa shape index (κ1) is 12.9. The second-order valence-corrected chi connectivity index (χ2v) is 4.01. The van der Waals surface area contributed by atoms with Crippen LogP contribution in [0.2, 0.25) is 0 Å². The second-order valence-electron chi connectivity index (χ2n) is 4.01. The minimum Gasteiger partial charge on any atom is -0.496 e. The van der Waals surface area contributed by atoms with Gasteiger partial charge in [-0.2, -0.15) is 5.26 Å². The Kier molecular flexibility index (Phi) is 3.67. The second kappa shape index (κ2) is 5.40. The molecule has 1 heterocycles. The summed E-state index contributed by atoms with van der Waals surface area (Å²) in [5, 5.41) is 9.24. The molecule has 0 fully saturated rings. The highest BCUT2D eigenvalue weighted by molar-refractivity contribution is 5.75. The van der Waals surface area contributed by atoms with Crippen molar-refractivity contribution in [3.05, 3.63) is 52.4 Å². The molecule has 0 amide bonds. The Balaban J connectivity index is 2.74. The van der Waals surface area contributed by atoms with Gasteiger partial charge in [0.15, 0.2) is 0 Å². The van der Waals surface area contributed by atoms with E-state index in [4.69, 9.17) is 4.74 Å². The molecule has 1 aromatic heterocycles. The average molecular weight is 254 g/mol. The number of hydrogen-bond acceptors (Lipinski definition) is 3. The number of para-hydroxylation sites is 1. The molecule has 0 aliphatic heterocycles. The van der Waals surface area contributed by atoms with Crippen LogP contribution in [0, 0.1) is 11.3 Å². The number of nitrogens with zero attached hydrogens (tertiary/aromatic N) is 2. The Morgan fingerprint density at radius 3 is 2.63 bits per heavy atom. The van der Waals surface area contributed by atoms with E-state index in [1.807, 2.05) is 37.3 Å². The zero-order valence-electron chi connectivity index (χ0n) is 10.9. The van der Waals surface area contributed by atoms with Crippen molar-refractivity contribution in [3.63, 3.8) is 0 Å². The SMILES string of the molecule is CCn1ccc(-c2ccccc2OC)c(C#N)c1=O. The molecular formula is C15H14N2O2. The highest BCUT2D eigenvalue weighted by Crippen LogP contribution is 2.30. The smallest absolute Gasteiger partial charge is 0.269 e. The third-order valence-corrected chi connectivity index (χ3v) is 3.01. The van der Waals surface area contributed by atoms with Crippen molar-refractivity contribution in [2.24, 2.45) is 0 Å². The number of ether oxygens (including phenoxy) is 1. The number of nitriles is 1. The largest absolute Gasteiger partial charge is 0.496 e. The van der Waals surface area contributed by atoms with E-state index in [0.29, 0.717) is 17.9 Å². The summed E-state index contributed by atoms with van der Waals surface area (Å²) in [5.41, 5.74) is 1.24. The summed E-state index contributed by atoms with van der Waals surface area (Å²) in [6, 6.07) is 11.1. The number of pyridine rings is 1. The molecule has 2 rings (SSSR count). The molecule has 0 atom stereocenters. The van der Waals surface area contributed by atoms with E-state index in [0.717, 1.165) is 5.56 Å². The van der Waals surface area contributed by atoms with E-state index in [2.05, 4.69) is 0 Å². The van der Waals surface area contributed by atoms with Gasteiger partial charge in [0.1, 0.15) is 17.4 Å². The molecule has 96 valence electrons. The first-order chi connectivity index (χ1) is 9.22. The van der Waals surface area contributed by atoms with E-state index in [9.17, 15) is 10.1 Å². The Bertz CT molecular complexity index is 696. The summed E-state index contributed by atoms with van der Waals surface area (Å²) in [7, 11) is 1.57. The van der Waals surface area contributed by atoms with Gasteiger partial charge in [-0.3, -0.25) is 4.79 Å². The predicted molar refractivity (Wildman–Crippen MR) is 73.1 cm³/mol. The van der Waals surface area contributed by atoms with Gasteiger partial charge in [-0.15, -0.1) is 0 Å². The molecule has 0 aliphatic carbocycles. The first-order valence-electron chi connectivity index (χ1n) is 5.99. The molecule has 0 bridgehead atoms. The minimum atomic E-state index is -0.270. The van der Waals surface area contributed by atoms with Crippen LogP contribution in [0.5, 0.6) is 5.75 Å². The van der Waals surface area contributed by atoms with Crippen LogP contribution >= 0.6 is 0 Å². The normalized spacial score (nSPS) is 9.95. The summed E-state index contributed by atoms with van der Waals surface area (Å²) in [6.07, 6.45) is 1.70. The monoisotopic (exact) mass is 254 g/mol. The lowest BCUT2D eigenvalue weighted by Gasteiger charge is -2.11. The van der Waals surface area contributed by atoms with E-state index in [1.165, 1.54) is 4.57 Å². The third kappa shape index (κ3) is 2.23. The lowest BCUT2D eigenvalue weighted by atomic mass is 10.0. The van der Waals surface area contributed by atoms with Crippen LogP contribution < -0.4 is 10.3 Å². The molecule has 0 unspecified atom stereocenters. The van der Waals surface area contributed by atoms with E-state index >= 15 is 0 Å². The zero-order valence-corrected chi connectivity index (χ0v) is 10.9. The van der Waals surface area contributed by atoms with Crippen molar-refractivity contribution in [2.75, 3.05) is 7.11 Å². The molecule has 4 nitrogen and oxygen atoms in total. The molecule has 0 saturated carbocycles.